The number of hydrogen-bond acceptors (Lipinski definition) is 7. The van der Waals surface area contributed by atoms with E-state index < -0.39 is 0 Å². The fourth-order valence-corrected chi connectivity index (χ4v) is 2.66. The number of aromatic nitrogens is 5. The Bertz CT molecular complexity index is 903. The molecule has 0 spiro atoms. The summed E-state index contributed by atoms with van der Waals surface area (Å²) in [6.07, 6.45) is 2.38. The van der Waals surface area contributed by atoms with Crippen molar-refractivity contribution in [3.63, 3.8) is 0 Å². The molecule has 8 nitrogen and oxygen atoms in total. The van der Waals surface area contributed by atoms with Crippen LogP contribution in [0.3, 0.4) is 0 Å². The highest BCUT2D eigenvalue weighted by Crippen LogP contribution is 2.39. The van der Waals surface area contributed by atoms with Crippen molar-refractivity contribution in [3.8, 4) is 0 Å². The van der Waals surface area contributed by atoms with Crippen molar-refractivity contribution in [3.05, 3.63) is 47.4 Å². The third kappa shape index (κ3) is 3.71. The average molecular weight is 354 g/mol. The summed E-state index contributed by atoms with van der Waals surface area (Å²) < 4.78 is 13.1. The van der Waals surface area contributed by atoms with Gasteiger partial charge in [-0.15, -0.1) is 0 Å². The van der Waals surface area contributed by atoms with Crippen LogP contribution in [0.15, 0.2) is 30.3 Å². The predicted molar refractivity (Wildman–Crippen MR) is 96.5 cm³/mol. The number of nitrogens with zero attached hydrogens (tertiary/aromatic N) is 4. The summed E-state index contributed by atoms with van der Waals surface area (Å²) in [5, 5.41) is 13.4. The van der Waals surface area contributed by atoms with Crippen LogP contribution in [0.1, 0.15) is 43.0 Å². The Hall–Kier alpha value is -3.23. The molecule has 1 aromatic carbocycles. The molecule has 3 aromatic rings. The van der Waals surface area contributed by atoms with Crippen LogP contribution in [0.2, 0.25) is 0 Å². The van der Waals surface area contributed by atoms with Crippen LogP contribution >= 0.6 is 0 Å². The Morgan fingerprint density at radius 1 is 1.15 bits per heavy atom. The third-order valence-electron chi connectivity index (χ3n) is 4.22. The van der Waals surface area contributed by atoms with Crippen LogP contribution in [0.4, 0.5) is 28.1 Å². The molecule has 0 radical (unpaired) electrons. The Balaban J connectivity index is 1.48. The monoisotopic (exact) mass is 354 g/mol. The van der Waals surface area contributed by atoms with Crippen molar-refractivity contribution in [1.82, 2.24) is 25.1 Å². The summed E-state index contributed by atoms with van der Waals surface area (Å²) in [6.45, 7) is 1.93. The summed E-state index contributed by atoms with van der Waals surface area (Å²) in [6, 6.07) is 8.07. The first-order chi connectivity index (χ1) is 12.6. The number of aromatic amines is 1. The van der Waals surface area contributed by atoms with E-state index in [0.29, 0.717) is 23.6 Å². The zero-order chi connectivity index (χ0) is 18.1. The van der Waals surface area contributed by atoms with Gasteiger partial charge in [0.05, 0.1) is 6.04 Å². The predicted octanol–water partition coefficient (Wildman–Crippen LogP) is 3.11. The van der Waals surface area contributed by atoms with Crippen molar-refractivity contribution >= 4 is 23.7 Å². The molecule has 9 heteroatoms. The van der Waals surface area contributed by atoms with Gasteiger partial charge in [-0.3, -0.25) is 5.10 Å². The van der Waals surface area contributed by atoms with Gasteiger partial charge in [0.25, 0.3) is 0 Å². The molecule has 0 unspecified atom stereocenters. The van der Waals surface area contributed by atoms with Gasteiger partial charge in [0.1, 0.15) is 5.82 Å². The Kier molecular flexibility index (Phi) is 4.11. The quantitative estimate of drug-likeness (QED) is 0.537. The number of benzene rings is 1. The van der Waals surface area contributed by atoms with E-state index in [4.69, 9.17) is 5.73 Å². The molecule has 1 aliphatic rings. The Morgan fingerprint density at radius 2 is 1.88 bits per heavy atom. The van der Waals surface area contributed by atoms with Gasteiger partial charge < -0.3 is 16.4 Å². The molecule has 1 atom stereocenters. The topological polar surface area (TPSA) is 117 Å². The van der Waals surface area contributed by atoms with E-state index in [1.165, 1.54) is 25.0 Å². The molecular formula is C17H19FN8. The number of hydrogen-bond donors (Lipinski definition) is 4. The lowest BCUT2D eigenvalue weighted by Gasteiger charge is -2.14. The number of halogens is 1. The van der Waals surface area contributed by atoms with Crippen molar-refractivity contribution < 1.29 is 4.39 Å². The molecule has 0 bridgehead atoms. The van der Waals surface area contributed by atoms with Crippen LogP contribution < -0.4 is 16.4 Å². The number of nitrogens with one attached hydrogen (secondary N) is 3. The second-order valence-electron chi connectivity index (χ2n) is 6.37. The van der Waals surface area contributed by atoms with Gasteiger partial charge in [0, 0.05) is 17.7 Å². The SMILES string of the molecule is C[C@H](Nc1nc(N)nc(Nc2cc(C3CC3)[nH]n2)n1)c1ccc(F)cc1. The molecule has 4 rings (SSSR count). The number of anilines is 4. The van der Waals surface area contributed by atoms with Crippen LogP contribution in [0.5, 0.6) is 0 Å². The minimum atomic E-state index is -0.276. The van der Waals surface area contributed by atoms with E-state index in [1.807, 2.05) is 13.0 Å². The summed E-state index contributed by atoms with van der Waals surface area (Å²) >= 11 is 0. The van der Waals surface area contributed by atoms with Crippen molar-refractivity contribution in [1.29, 1.82) is 0 Å². The van der Waals surface area contributed by atoms with E-state index >= 15 is 0 Å². The van der Waals surface area contributed by atoms with Gasteiger partial charge >= 0.3 is 0 Å². The third-order valence-corrected chi connectivity index (χ3v) is 4.22. The molecule has 0 saturated heterocycles. The molecule has 0 amide bonds. The maximum atomic E-state index is 13.1. The number of nitrogen functional groups attached to an aromatic ring is 1. The van der Waals surface area contributed by atoms with Crippen molar-refractivity contribution in [2.24, 2.45) is 0 Å². The molecule has 2 heterocycles. The number of nitrogens with two attached hydrogens (primary N) is 1. The molecule has 0 aliphatic heterocycles. The Morgan fingerprint density at radius 3 is 2.62 bits per heavy atom. The molecule has 134 valence electrons. The molecule has 2 aromatic heterocycles. The zero-order valence-electron chi connectivity index (χ0n) is 14.2. The molecule has 26 heavy (non-hydrogen) atoms. The van der Waals surface area contributed by atoms with Crippen LogP contribution in [0, 0.1) is 5.82 Å². The minimum absolute atomic E-state index is 0.0919. The van der Waals surface area contributed by atoms with Gasteiger partial charge in [-0.05, 0) is 37.5 Å². The number of rotatable bonds is 6. The fraction of sp³-hybridized carbons (Fsp3) is 0.294. The van der Waals surface area contributed by atoms with E-state index in [2.05, 4.69) is 35.8 Å². The summed E-state index contributed by atoms with van der Waals surface area (Å²) in [5.41, 5.74) is 7.80. The van der Waals surface area contributed by atoms with Crippen LogP contribution in [-0.2, 0) is 0 Å². The molecule has 1 fully saturated rings. The summed E-state index contributed by atoms with van der Waals surface area (Å²) in [4.78, 5) is 12.5. The highest BCUT2D eigenvalue weighted by molar-refractivity contribution is 5.52. The molecule has 5 N–H and O–H groups in total. The summed E-state index contributed by atoms with van der Waals surface area (Å²) in [5.74, 6) is 1.66. The highest BCUT2D eigenvalue weighted by atomic mass is 19.1. The normalized spacial score (nSPS) is 14.8. The summed E-state index contributed by atoms with van der Waals surface area (Å²) in [7, 11) is 0. The van der Waals surface area contributed by atoms with Gasteiger partial charge in [-0.2, -0.15) is 20.1 Å². The van der Waals surface area contributed by atoms with Gasteiger partial charge in [0.15, 0.2) is 5.82 Å². The largest absolute Gasteiger partial charge is 0.368 e. The molecule has 1 saturated carbocycles. The lowest BCUT2D eigenvalue weighted by atomic mass is 10.1. The second kappa shape index (κ2) is 6.58. The van der Waals surface area contributed by atoms with Crippen LogP contribution in [0.25, 0.3) is 0 Å². The molecule has 1 aliphatic carbocycles. The van der Waals surface area contributed by atoms with Crippen molar-refractivity contribution in [2.75, 3.05) is 16.4 Å². The van der Waals surface area contributed by atoms with Gasteiger partial charge in [0.2, 0.25) is 17.8 Å². The van der Waals surface area contributed by atoms with E-state index in [1.54, 1.807) is 12.1 Å². The lowest BCUT2D eigenvalue weighted by molar-refractivity contribution is 0.626. The first-order valence-electron chi connectivity index (χ1n) is 8.43. The average Bonchev–Trinajstić information content (AvgIpc) is 3.35. The fourth-order valence-electron chi connectivity index (χ4n) is 2.66. The minimum Gasteiger partial charge on any atom is -0.368 e. The zero-order valence-corrected chi connectivity index (χ0v) is 14.2. The van der Waals surface area contributed by atoms with Crippen LogP contribution in [-0.4, -0.2) is 25.1 Å². The number of H-pyrrole nitrogens is 1. The highest BCUT2D eigenvalue weighted by Gasteiger charge is 2.25. The lowest BCUT2D eigenvalue weighted by Crippen LogP contribution is -2.12. The van der Waals surface area contributed by atoms with E-state index in [9.17, 15) is 4.39 Å². The first-order valence-corrected chi connectivity index (χ1v) is 8.43. The maximum Gasteiger partial charge on any atom is 0.235 e. The standard InChI is InChI=1S/C17H19FN8/c1-9(10-4-6-12(18)7-5-10)20-16-22-15(19)23-17(24-16)21-14-8-13(25-26-14)11-2-3-11/h4-9,11H,2-3H2,1H3,(H5,19,20,21,22,23,24,25,26)/t9-/m0/s1. The van der Waals surface area contributed by atoms with Gasteiger partial charge in [-0.25, -0.2) is 4.39 Å². The van der Waals surface area contributed by atoms with E-state index in [-0.39, 0.29) is 17.8 Å². The van der Waals surface area contributed by atoms with Crippen molar-refractivity contribution in [2.45, 2.75) is 31.7 Å². The maximum absolute atomic E-state index is 13.1. The Labute approximate surface area is 149 Å². The smallest absolute Gasteiger partial charge is 0.235 e. The van der Waals surface area contributed by atoms with E-state index in [0.717, 1.165) is 11.3 Å². The van der Waals surface area contributed by atoms with Gasteiger partial charge in [-0.1, -0.05) is 12.1 Å². The second-order valence-corrected chi connectivity index (χ2v) is 6.37. The molecular weight excluding hydrogens is 335 g/mol. The first kappa shape index (κ1) is 16.2.